The molecule has 0 saturated heterocycles. The lowest BCUT2D eigenvalue weighted by Gasteiger charge is -2.30. The summed E-state index contributed by atoms with van der Waals surface area (Å²) in [5, 5.41) is 0. The van der Waals surface area contributed by atoms with Crippen molar-refractivity contribution in [3.05, 3.63) is 0 Å². The highest BCUT2D eigenvalue weighted by molar-refractivity contribution is 4.74. The first-order valence-corrected chi connectivity index (χ1v) is 6.91. The van der Waals surface area contributed by atoms with Gasteiger partial charge in [-0.2, -0.15) is 0 Å². The maximum absolute atomic E-state index is 2.45. The third kappa shape index (κ3) is 7.88. The van der Waals surface area contributed by atoms with E-state index in [0.717, 1.165) is 11.8 Å². The second-order valence-electron chi connectivity index (χ2n) is 6.36. The molecule has 2 unspecified atom stereocenters. The summed E-state index contributed by atoms with van der Waals surface area (Å²) in [5.41, 5.74) is 0.545. The van der Waals surface area contributed by atoms with Crippen LogP contribution in [0.4, 0.5) is 0 Å². The van der Waals surface area contributed by atoms with Crippen molar-refractivity contribution in [1.82, 2.24) is 0 Å². The molecule has 0 radical (unpaired) electrons. The Labute approximate surface area is 97.8 Å². The van der Waals surface area contributed by atoms with E-state index in [-0.39, 0.29) is 0 Å². The van der Waals surface area contributed by atoms with Crippen LogP contribution in [0.15, 0.2) is 0 Å². The van der Waals surface area contributed by atoms with E-state index >= 15 is 0 Å². The molecule has 0 nitrogen and oxygen atoms in total. The van der Waals surface area contributed by atoms with Crippen molar-refractivity contribution in [2.45, 2.75) is 80.1 Å². The minimum atomic E-state index is 0.545. The average Bonchev–Trinajstić information content (AvgIpc) is 2.01. The molecule has 0 N–H and O–H groups in total. The van der Waals surface area contributed by atoms with E-state index in [4.69, 9.17) is 0 Å². The molecule has 0 aromatic rings. The molecule has 0 heterocycles. The Morgan fingerprint density at radius 3 is 1.40 bits per heavy atom. The van der Waals surface area contributed by atoms with E-state index in [1.54, 1.807) is 0 Å². The maximum Gasteiger partial charge on any atom is -0.0349 e. The van der Waals surface area contributed by atoms with Gasteiger partial charge >= 0.3 is 0 Å². The molecule has 0 aliphatic rings. The van der Waals surface area contributed by atoms with Gasteiger partial charge in [-0.1, -0.05) is 67.2 Å². The van der Waals surface area contributed by atoms with Gasteiger partial charge in [0.05, 0.1) is 0 Å². The van der Waals surface area contributed by atoms with Crippen LogP contribution in [0.2, 0.25) is 0 Å². The van der Waals surface area contributed by atoms with E-state index in [1.165, 1.54) is 38.5 Å². The largest absolute Gasteiger partial charge is 0.0654 e. The Balaban J connectivity index is 3.94. The van der Waals surface area contributed by atoms with Gasteiger partial charge in [-0.25, -0.2) is 0 Å². The highest BCUT2D eigenvalue weighted by Crippen LogP contribution is 2.35. The molecule has 15 heavy (non-hydrogen) atoms. The van der Waals surface area contributed by atoms with E-state index < -0.39 is 0 Å². The highest BCUT2D eigenvalue weighted by Gasteiger charge is 2.22. The van der Waals surface area contributed by atoms with E-state index in [9.17, 15) is 0 Å². The van der Waals surface area contributed by atoms with Crippen molar-refractivity contribution < 1.29 is 0 Å². The summed E-state index contributed by atoms with van der Waals surface area (Å²) in [6.07, 6.45) is 8.25. The van der Waals surface area contributed by atoms with Gasteiger partial charge in [-0.3, -0.25) is 0 Å². The van der Waals surface area contributed by atoms with E-state index in [0.29, 0.717) is 5.41 Å². The van der Waals surface area contributed by atoms with Crippen LogP contribution in [0.5, 0.6) is 0 Å². The Hall–Kier alpha value is 0. The van der Waals surface area contributed by atoms with Gasteiger partial charge in [-0.05, 0) is 30.1 Å². The first-order chi connectivity index (χ1) is 6.91. The monoisotopic (exact) mass is 212 g/mol. The molecule has 0 aromatic carbocycles. The van der Waals surface area contributed by atoms with Gasteiger partial charge < -0.3 is 0 Å². The summed E-state index contributed by atoms with van der Waals surface area (Å²) in [7, 11) is 0. The van der Waals surface area contributed by atoms with Crippen molar-refractivity contribution >= 4 is 0 Å². The van der Waals surface area contributed by atoms with E-state index in [1.807, 2.05) is 0 Å². The number of hydrogen-bond acceptors (Lipinski definition) is 0. The quantitative estimate of drug-likeness (QED) is 0.486. The van der Waals surface area contributed by atoms with Gasteiger partial charge in [0.15, 0.2) is 0 Å². The molecule has 0 aliphatic heterocycles. The minimum Gasteiger partial charge on any atom is -0.0654 e. The molecule has 0 saturated carbocycles. The Morgan fingerprint density at radius 2 is 1.13 bits per heavy atom. The fourth-order valence-corrected chi connectivity index (χ4v) is 3.16. The van der Waals surface area contributed by atoms with E-state index in [2.05, 4.69) is 41.5 Å². The van der Waals surface area contributed by atoms with Crippen LogP contribution in [0.1, 0.15) is 80.1 Å². The first kappa shape index (κ1) is 15.0. The van der Waals surface area contributed by atoms with Crippen molar-refractivity contribution in [2.24, 2.45) is 17.3 Å². The zero-order valence-corrected chi connectivity index (χ0v) is 11.9. The highest BCUT2D eigenvalue weighted by atomic mass is 14.3. The molecule has 2 atom stereocenters. The van der Waals surface area contributed by atoms with Gasteiger partial charge in [0, 0.05) is 0 Å². The van der Waals surface area contributed by atoms with Crippen molar-refractivity contribution in [1.29, 1.82) is 0 Å². The summed E-state index contributed by atoms with van der Waals surface area (Å²) in [6.45, 7) is 14.3. The van der Waals surface area contributed by atoms with Gasteiger partial charge in [0.25, 0.3) is 0 Å². The molecule has 0 amide bonds. The normalized spacial score (nSPS) is 16.4. The second kappa shape index (κ2) is 7.30. The molecule has 0 aromatic heterocycles. The maximum atomic E-state index is 2.45. The summed E-state index contributed by atoms with van der Waals surface area (Å²) in [5.74, 6) is 1.80. The predicted molar refractivity (Wildman–Crippen MR) is 71.2 cm³/mol. The van der Waals surface area contributed by atoms with Crippen LogP contribution >= 0.6 is 0 Å². The second-order valence-corrected chi connectivity index (χ2v) is 6.36. The van der Waals surface area contributed by atoms with Gasteiger partial charge in [0.1, 0.15) is 0 Å². The molecule has 92 valence electrons. The lowest BCUT2D eigenvalue weighted by molar-refractivity contribution is 0.209. The molecule has 0 heteroatoms. The summed E-state index contributed by atoms with van der Waals surface area (Å²) in [6, 6.07) is 0. The zero-order valence-electron chi connectivity index (χ0n) is 11.9. The van der Waals surface area contributed by atoms with Crippen LogP contribution in [-0.2, 0) is 0 Å². The Bertz CT molecular complexity index is 130. The molecule has 0 rings (SSSR count). The number of rotatable bonds is 8. The zero-order chi connectivity index (χ0) is 11.9. The third-order valence-electron chi connectivity index (χ3n) is 3.37. The average molecular weight is 212 g/mol. The predicted octanol–water partition coefficient (Wildman–Crippen LogP) is 5.67. The first-order valence-electron chi connectivity index (χ1n) is 6.91. The fraction of sp³-hybridized carbons (Fsp3) is 1.00. The van der Waals surface area contributed by atoms with Crippen molar-refractivity contribution in [2.75, 3.05) is 0 Å². The van der Waals surface area contributed by atoms with Crippen LogP contribution < -0.4 is 0 Å². The molecular formula is C15H32. The molecule has 0 aliphatic carbocycles. The van der Waals surface area contributed by atoms with Crippen molar-refractivity contribution in [3.63, 3.8) is 0 Å². The van der Waals surface area contributed by atoms with Crippen LogP contribution in [0, 0.1) is 17.3 Å². The molecule has 0 bridgehead atoms. The van der Waals surface area contributed by atoms with Crippen LogP contribution in [-0.4, -0.2) is 0 Å². The lowest BCUT2D eigenvalue weighted by Crippen LogP contribution is -2.19. The third-order valence-corrected chi connectivity index (χ3v) is 3.37. The molecule has 0 fully saturated rings. The Morgan fingerprint density at radius 1 is 0.800 bits per heavy atom. The molecule has 0 spiro atoms. The Kier molecular flexibility index (Phi) is 7.30. The van der Waals surface area contributed by atoms with Crippen molar-refractivity contribution in [3.8, 4) is 0 Å². The van der Waals surface area contributed by atoms with Crippen LogP contribution in [0.3, 0.4) is 0 Å². The molecular weight excluding hydrogens is 180 g/mol. The number of hydrogen-bond donors (Lipinski definition) is 0. The topological polar surface area (TPSA) is 0 Å². The smallest absolute Gasteiger partial charge is 0.0349 e. The lowest BCUT2D eigenvalue weighted by atomic mass is 9.75. The minimum absolute atomic E-state index is 0.545. The summed E-state index contributed by atoms with van der Waals surface area (Å²) >= 11 is 0. The van der Waals surface area contributed by atoms with Gasteiger partial charge in [-0.15, -0.1) is 0 Å². The SMILES string of the molecule is CCCC(C)CC(C)(C)CC(C)CCC. The van der Waals surface area contributed by atoms with Crippen LogP contribution in [0.25, 0.3) is 0 Å². The summed E-state index contributed by atoms with van der Waals surface area (Å²) in [4.78, 5) is 0. The standard InChI is InChI=1S/C15H32/c1-7-9-13(3)11-15(5,6)12-14(4)10-8-2/h13-14H,7-12H2,1-6H3. The fourth-order valence-electron chi connectivity index (χ4n) is 3.16. The summed E-state index contributed by atoms with van der Waals surface area (Å²) < 4.78 is 0. The van der Waals surface area contributed by atoms with Gasteiger partial charge in [0.2, 0.25) is 0 Å².